The Morgan fingerprint density at radius 1 is 1.00 bits per heavy atom. The molecular formula is C17H17N3O. The fraction of sp³-hybridized carbons (Fsp3) is 0.176. The second-order valence-electron chi connectivity index (χ2n) is 4.71. The van der Waals surface area contributed by atoms with Crippen LogP contribution >= 0.6 is 0 Å². The van der Waals surface area contributed by atoms with Crippen molar-refractivity contribution in [2.45, 2.75) is 13.5 Å². The van der Waals surface area contributed by atoms with Gasteiger partial charge in [0.2, 0.25) is 5.88 Å². The first kappa shape index (κ1) is 13.5. The van der Waals surface area contributed by atoms with Gasteiger partial charge >= 0.3 is 0 Å². The summed E-state index contributed by atoms with van der Waals surface area (Å²) in [5, 5.41) is 5.43. The molecule has 0 aliphatic carbocycles. The molecule has 0 bridgehead atoms. The Morgan fingerprint density at radius 3 is 2.67 bits per heavy atom. The number of aromatic nitrogens is 2. The van der Waals surface area contributed by atoms with Crippen LogP contribution in [0.3, 0.4) is 0 Å². The summed E-state index contributed by atoms with van der Waals surface area (Å²) in [6.07, 6.45) is 3.40. The summed E-state index contributed by atoms with van der Waals surface area (Å²) in [4.78, 5) is 8.65. The third-order valence-corrected chi connectivity index (χ3v) is 3.20. The van der Waals surface area contributed by atoms with E-state index in [2.05, 4.69) is 34.3 Å². The maximum atomic E-state index is 5.86. The lowest BCUT2D eigenvalue weighted by Crippen LogP contribution is -2.13. The van der Waals surface area contributed by atoms with Crippen molar-refractivity contribution in [2.75, 3.05) is 6.54 Å². The van der Waals surface area contributed by atoms with E-state index in [1.54, 1.807) is 12.4 Å². The minimum Gasteiger partial charge on any atom is -0.437 e. The second kappa shape index (κ2) is 6.33. The Bertz CT molecular complexity index is 720. The van der Waals surface area contributed by atoms with E-state index in [0.29, 0.717) is 5.88 Å². The van der Waals surface area contributed by atoms with Crippen LogP contribution in [0.2, 0.25) is 0 Å². The molecule has 0 aliphatic rings. The minimum absolute atomic E-state index is 0.506. The molecule has 3 rings (SSSR count). The van der Waals surface area contributed by atoms with Crippen molar-refractivity contribution in [1.82, 2.24) is 15.3 Å². The van der Waals surface area contributed by atoms with E-state index in [4.69, 9.17) is 4.74 Å². The fourth-order valence-electron chi connectivity index (χ4n) is 2.14. The summed E-state index contributed by atoms with van der Waals surface area (Å²) in [6, 6.07) is 14.1. The van der Waals surface area contributed by atoms with Crippen LogP contribution in [0, 0.1) is 0 Å². The summed E-state index contributed by atoms with van der Waals surface area (Å²) in [5.41, 5.74) is 0.905. The molecule has 21 heavy (non-hydrogen) atoms. The Balaban J connectivity index is 1.82. The largest absolute Gasteiger partial charge is 0.437 e. The lowest BCUT2D eigenvalue weighted by Gasteiger charge is -2.08. The molecule has 0 unspecified atom stereocenters. The van der Waals surface area contributed by atoms with Gasteiger partial charge in [-0.1, -0.05) is 43.3 Å². The van der Waals surface area contributed by atoms with Gasteiger partial charge in [0.1, 0.15) is 5.75 Å². The van der Waals surface area contributed by atoms with Crippen molar-refractivity contribution in [1.29, 1.82) is 0 Å². The number of benzene rings is 2. The first-order valence-corrected chi connectivity index (χ1v) is 7.04. The zero-order valence-electron chi connectivity index (χ0n) is 11.9. The van der Waals surface area contributed by atoms with Crippen LogP contribution in [0.5, 0.6) is 11.6 Å². The SMILES string of the molecule is CCNCc1cnc(Oc2cccc3ccccc23)cn1. The van der Waals surface area contributed by atoms with Crippen LogP contribution in [-0.4, -0.2) is 16.5 Å². The molecule has 4 heteroatoms. The zero-order chi connectivity index (χ0) is 14.5. The van der Waals surface area contributed by atoms with Crippen molar-refractivity contribution in [3.05, 3.63) is 60.6 Å². The third kappa shape index (κ3) is 3.17. The van der Waals surface area contributed by atoms with Crippen LogP contribution in [0.4, 0.5) is 0 Å². The Morgan fingerprint density at radius 2 is 1.86 bits per heavy atom. The van der Waals surface area contributed by atoms with Crippen LogP contribution in [0.25, 0.3) is 10.8 Å². The van der Waals surface area contributed by atoms with Gasteiger partial charge in [0, 0.05) is 11.9 Å². The number of rotatable bonds is 5. The number of ether oxygens (including phenoxy) is 1. The number of hydrogen-bond acceptors (Lipinski definition) is 4. The molecule has 106 valence electrons. The van der Waals surface area contributed by atoms with Crippen LogP contribution in [0.15, 0.2) is 54.9 Å². The summed E-state index contributed by atoms with van der Waals surface area (Å²) in [7, 11) is 0. The summed E-state index contributed by atoms with van der Waals surface area (Å²) in [5.74, 6) is 1.30. The number of nitrogens with zero attached hydrogens (tertiary/aromatic N) is 2. The van der Waals surface area contributed by atoms with Gasteiger partial charge in [-0.05, 0) is 18.0 Å². The molecule has 4 nitrogen and oxygen atoms in total. The topological polar surface area (TPSA) is 47.0 Å². The van der Waals surface area contributed by atoms with Gasteiger partial charge < -0.3 is 10.1 Å². The van der Waals surface area contributed by atoms with E-state index in [1.165, 1.54) is 0 Å². The zero-order valence-corrected chi connectivity index (χ0v) is 11.9. The molecule has 0 saturated heterocycles. The average Bonchev–Trinajstić information content (AvgIpc) is 2.55. The summed E-state index contributed by atoms with van der Waals surface area (Å²) in [6.45, 7) is 3.69. The molecule has 0 atom stereocenters. The summed E-state index contributed by atoms with van der Waals surface area (Å²) >= 11 is 0. The number of hydrogen-bond donors (Lipinski definition) is 1. The maximum absolute atomic E-state index is 5.86. The molecule has 0 spiro atoms. The lowest BCUT2D eigenvalue weighted by atomic mass is 10.1. The fourth-order valence-corrected chi connectivity index (χ4v) is 2.14. The van der Waals surface area contributed by atoms with Crippen LogP contribution in [-0.2, 0) is 6.54 Å². The molecule has 0 amide bonds. The predicted octanol–water partition coefficient (Wildman–Crippen LogP) is 3.53. The van der Waals surface area contributed by atoms with Crippen LogP contribution in [0.1, 0.15) is 12.6 Å². The van der Waals surface area contributed by atoms with Gasteiger partial charge in [-0.3, -0.25) is 4.98 Å². The standard InChI is InChI=1S/C17H17N3O/c1-2-18-10-14-11-20-17(12-19-14)21-16-9-5-7-13-6-3-4-8-15(13)16/h3-9,11-12,18H,2,10H2,1H3. The monoisotopic (exact) mass is 279 g/mol. The van der Waals surface area contributed by atoms with Gasteiger partial charge in [-0.2, -0.15) is 0 Å². The highest BCUT2D eigenvalue weighted by Crippen LogP contribution is 2.28. The highest BCUT2D eigenvalue weighted by molar-refractivity contribution is 5.88. The van der Waals surface area contributed by atoms with Gasteiger partial charge in [0.25, 0.3) is 0 Å². The summed E-state index contributed by atoms with van der Waals surface area (Å²) < 4.78 is 5.86. The molecule has 3 aromatic rings. The van der Waals surface area contributed by atoms with E-state index >= 15 is 0 Å². The van der Waals surface area contributed by atoms with Gasteiger partial charge in [0.15, 0.2) is 0 Å². The van der Waals surface area contributed by atoms with Gasteiger partial charge in [-0.15, -0.1) is 0 Å². The highest BCUT2D eigenvalue weighted by Gasteiger charge is 2.04. The molecular weight excluding hydrogens is 262 g/mol. The molecule has 0 saturated carbocycles. The van der Waals surface area contributed by atoms with E-state index in [1.807, 2.05) is 30.3 Å². The van der Waals surface area contributed by atoms with Gasteiger partial charge in [0.05, 0.1) is 18.1 Å². The molecule has 0 radical (unpaired) electrons. The molecule has 2 aromatic carbocycles. The minimum atomic E-state index is 0.506. The molecule has 1 aromatic heterocycles. The maximum Gasteiger partial charge on any atom is 0.237 e. The third-order valence-electron chi connectivity index (χ3n) is 3.20. The van der Waals surface area contributed by atoms with E-state index in [-0.39, 0.29) is 0 Å². The van der Waals surface area contributed by atoms with E-state index < -0.39 is 0 Å². The normalized spacial score (nSPS) is 10.7. The second-order valence-corrected chi connectivity index (χ2v) is 4.71. The lowest BCUT2D eigenvalue weighted by molar-refractivity contribution is 0.464. The molecule has 0 fully saturated rings. The Kier molecular flexibility index (Phi) is 4.07. The number of fused-ring (bicyclic) bond motifs is 1. The Hall–Kier alpha value is -2.46. The van der Waals surface area contributed by atoms with Gasteiger partial charge in [-0.25, -0.2) is 4.98 Å². The van der Waals surface area contributed by atoms with E-state index in [9.17, 15) is 0 Å². The first-order chi connectivity index (χ1) is 10.4. The van der Waals surface area contributed by atoms with Crippen molar-refractivity contribution in [2.24, 2.45) is 0 Å². The smallest absolute Gasteiger partial charge is 0.237 e. The highest BCUT2D eigenvalue weighted by atomic mass is 16.5. The van der Waals surface area contributed by atoms with Crippen molar-refractivity contribution in [3.63, 3.8) is 0 Å². The van der Waals surface area contributed by atoms with Crippen molar-refractivity contribution < 1.29 is 4.74 Å². The molecule has 1 heterocycles. The van der Waals surface area contributed by atoms with Crippen LogP contribution < -0.4 is 10.1 Å². The average molecular weight is 279 g/mol. The predicted molar refractivity (Wildman–Crippen MR) is 83.4 cm³/mol. The van der Waals surface area contributed by atoms with Crippen molar-refractivity contribution in [3.8, 4) is 11.6 Å². The first-order valence-electron chi connectivity index (χ1n) is 7.04. The van der Waals surface area contributed by atoms with E-state index in [0.717, 1.165) is 35.3 Å². The van der Waals surface area contributed by atoms with Crippen molar-refractivity contribution >= 4 is 10.8 Å². The number of nitrogens with one attached hydrogen (secondary N) is 1. The molecule has 1 N–H and O–H groups in total. The quantitative estimate of drug-likeness (QED) is 0.776. The molecule has 0 aliphatic heterocycles. The Labute approximate surface area is 123 Å².